The molecular weight excluding hydrogens is 302 g/mol. The van der Waals surface area contributed by atoms with E-state index in [4.69, 9.17) is 16.9 Å². The Labute approximate surface area is 133 Å². The molecular formula is C16H14ClN3O2. The number of nitriles is 1. The highest BCUT2D eigenvalue weighted by molar-refractivity contribution is 6.31. The second-order valence-corrected chi connectivity index (χ2v) is 5.39. The molecule has 0 radical (unpaired) electrons. The number of pyridine rings is 1. The molecule has 1 amide bonds. The third-order valence-corrected chi connectivity index (χ3v) is 3.50. The molecule has 6 heteroatoms. The predicted octanol–water partition coefficient (Wildman–Crippen LogP) is 2.24. The summed E-state index contributed by atoms with van der Waals surface area (Å²) in [5, 5.41) is 22.2. The zero-order valence-electron chi connectivity index (χ0n) is 11.9. The van der Waals surface area contributed by atoms with Gasteiger partial charge in [-0.1, -0.05) is 29.8 Å². The molecule has 0 saturated heterocycles. The van der Waals surface area contributed by atoms with Crippen LogP contribution in [0.1, 0.15) is 28.5 Å². The molecule has 0 fully saturated rings. The second kappa shape index (κ2) is 6.56. The van der Waals surface area contributed by atoms with Crippen molar-refractivity contribution in [1.29, 1.82) is 5.26 Å². The molecule has 0 spiro atoms. The van der Waals surface area contributed by atoms with Gasteiger partial charge in [0.05, 0.1) is 12.1 Å². The molecule has 0 aliphatic carbocycles. The van der Waals surface area contributed by atoms with E-state index in [9.17, 15) is 9.90 Å². The number of benzene rings is 1. The van der Waals surface area contributed by atoms with Gasteiger partial charge >= 0.3 is 0 Å². The van der Waals surface area contributed by atoms with Crippen LogP contribution in [0.4, 0.5) is 0 Å². The first-order valence-corrected chi connectivity index (χ1v) is 6.93. The van der Waals surface area contributed by atoms with Crippen LogP contribution in [-0.4, -0.2) is 22.5 Å². The summed E-state index contributed by atoms with van der Waals surface area (Å²) in [7, 11) is 0. The molecule has 1 aromatic heterocycles. The molecule has 0 unspecified atom stereocenters. The molecule has 0 aliphatic rings. The Morgan fingerprint density at radius 3 is 2.73 bits per heavy atom. The Bertz CT molecular complexity index is 721. The summed E-state index contributed by atoms with van der Waals surface area (Å²) in [6.07, 6.45) is 1.32. The van der Waals surface area contributed by atoms with Crippen molar-refractivity contribution in [2.75, 3.05) is 6.54 Å². The van der Waals surface area contributed by atoms with E-state index in [1.165, 1.54) is 18.3 Å². The Morgan fingerprint density at radius 1 is 1.41 bits per heavy atom. The van der Waals surface area contributed by atoms with Gasteiger partial charge < -0.3 is 10.4 Å². The topological polar surface area (TPSA) is 86.0 Å². The highest BCUT2D eigenvalue weighted by atomic mass is 35.5. The monoisotopic (exact) mass is 315 g/mol. The lowest BCUT2D eigenvalue weighted by Gasteiger charge is -2.25. The van der Waals surface area contributed by atoms with E-state index in [-0.39, 0.29) is 12.2 Å². The van der Waals surface area contributed by atoms with Crippen LogP contribution in [0.15, 0.2) is 42.6 Å². The van der Waals surface area contributed by atoms with Gasteiger partial charge in [-0.25, -0.2) is 4.98 Å². The highest BCUT2D eigenvalue weighted by Gasteiger charge is 2.26. The van der Waals surface area contributed by atoms with Gasteiger partial charge in [-0.3, -0.25) is 4.79 Å². The number of rotatable bonds is 4. The average Bonchev–Trinajstić information content (AvgIpc) is 2.53. The molecule has 2 rings (SSSR count). The Hall–Kier alpha value is -2.42. The quantitative estimate of drug-likeness (QED) is 0.906. The summed E-state index contributed by atoms with van der Waals surface area (Å²) >= 11 is 6.06. The van der Waals surface area contributed by atoms with Crippen LogP contribution in [-0.2, 0) is 5.60 Å². The first-order chi connectivity index (χ1) is 10.4. The normalized spacial score (nSPS) is 13.0. The van der Waals surface area contributed by atoms with Gasteiger partial charge in [0.1, 0.15) is 17.4 Å². The maximum absolute atomic E-state index is 12.0. The number of nitrogens with one attached hydrogen (secondary N) is 1. The maximum Gasteiger partial charge on any atom is 0.269 e. The fourth-order valence-electron chi connectivity index (χ4n) is 1.93. The third-order valence-electron chi connectivity index (χ3n) is 3.17. The van der Waals surface area contributed by atoms with Gasteiger partial charge in [0.15, 0.2) is 0 Å². The smallest absolute Gasteiger partial charge is 0.269 e. The number of aliphatic hydroxyl groups is 1. The van der Waals surface area contributed by atoms with Gasteiger partial charge in [0.2, 0.25) is 0 Å². The maximum atomic E-state index is 12.0. The van der Waals surface area contributed by atoms with E-state index in [0.29, 0.717) is 16.1 Å². The lowest BCUT2D eigenvalue weighted by Crippen LogP contribution is -2.39. The molecule has 112 valence electrons. The number of halogens is 1. The molecule has 1 atom stereocenters. The van der Waals surface area contributed by atoms with Crippen LogP contribution in [0.2, 0.25) is 5.02 Å². The minimum atomic E-state index is -1.30. The molecule has 0 aliphatic heterocycles. The van der Waals surface area contributed by atoms with Gasteiger partial charge in [-0.15, -0.1) is 0 Å². The molecule has 0 saturated carbocycles. The SMILES string of the molecule is C[C@@](O)(CNC(=O)c1ccc(C#N)cn1)c1ccccc1Cl. The number of nitrogens with zero attached hydrogens (tertiary/aromatic N) is 2. The van der Waals surface area contributed by atoms with E-state index in [1.54, 1.807) is 31.2 Å². The molecule has 1 heterocycles. The molecule has 22 heavy (non-hydrogen) atoms. The van der Waals surface area contributed by atoms with Crippen LogP contribution >= 0.6 is 11.6 Å². The lowest BCUT2D eigenvalue weighted by molar-refractivity contribution is 0.0526. The van der Waals surface area contributed by atoms with E-state index >= 15 is 0 Å². The lowest BCUT2D eigenvalue weighted by atomic mass is 9.96. The number of carbonyl (C=O) groups is 1. The van der Waals surface area contributed by atoms with Gasteiger partial charge in [0.25, 0.3) is 5.91 Å². The van der Waals surface area contributed by atoms with Gasteiger partial charge in [-0.05, 0) is 25.1 Å². The summed E-state index contributed by atoms with van der Waals surface area (Å²) in [6, 6.07) is 11.8. The predicted molar refractivity (Wildman–Crippen MR) is 82.3 cm³/mol. The first-order valence-electron chi connectivity index (χ1n) is 6.56. The minimum absolute atomic E-state index is 0.0166. The Kier molecular flexibility index (Phi) is 4.76. The van der Waals surface area contributed by atoms with Crippen molar-refractivity contribution < 1.29 is 9.90 Å². The average molecular weight is 316 g/mol. The fourth-order valence-corrected chi connectivity index (χ4v) is 2.27. The minimum Gasteiger partial charge on any atom is -0.384 e. The molecule has 5 nitrogen and oxygen atoms in total. The summed E-state index contributed by atoms with van der Waals surface area (Å²) < 4.78 is 0. The Balaban J connectivity index is 2.06. The Morgan fingerprint density at radius 2 is 2.14 bits per heavy atom. The number of carbonyl (C=O) groups excluding carboxylic acids is 1. The van der Waals surface area contributed by atoms with Crippen molar-refractivity contribution in [3.63, 3.8) is 0 Å². The van der Waals surface area contributed by atoms with Gasteiger partial charge in [0, 0.05) is 16.8 Å². The molecule has 2 aromatic rings. The van der Waals surface area contributed by atoms with E-state index in [0.717, 1.165) is 0 Å². The van der Waals surface area contributed by atoms with Crippen molar-refractivity contribution in [1.82, 2.24) is 10.3 Å². The molecule has 0 bridgehead atoms. The zero-order valence-corrected chi connectivity index (χ0v) is 12.6. The van der Waals surface area contributed by atoms with Crippen LogP contribution < -0.4 is 5.32 Å². The standard InChI is InChI=1S/C16H14ClN3O2/c1-16(22,12-4-2-3-5-13(12)17)10-20-15(21)14-7-6-11(8-18)9-19-14/h2-7,9,22H,10H2,1H3,(H,20,21)/t16-/m1/s1. The van der Waals surface area contributed by atoms with Crippen LogP contribution in [0.25, 0.3) is 0 Å². The summed E-state index contributed by atoms with van der Waals surface area (Å²) in [4.78, 5) is 15.9. The van der Waals surface area contributed by atoms with Crippen molar-refractivity contribution in [3.8, 4) is 6.07 Å². The number of amides is 1. The zero-order chi connectivity index (χ0) is 16.2. The van der Waals surface area contributed by atoms with Gasteiger partial charge in [-0.2, -0.15) is 5.26 Å². The van der Waals surface area contributed by atoms with Crippen molar-refractivity contribution >= 4 is 17.5 Å². The first kappa shape index (κ1) is 16.0. The highest BCUT2D eigenvalue weighted by Crippen LogP contribution is 2.27. The third kappa shape index (κ3) is 3.61. The fraction of sp³-hybridized carbons (Fsp3) is 0.188. The van der Waals surface area contributed by atoms with E-state index < -0.39 is 11.5 Å². The van der Waals surface area contributed by atoms with Crippen molar-refractivity contribution in [2.24, 2.45) is 0 Å². The summed E-state index contributed by atoms with van der Waals surface area (Å²) in [6.45, 7) is 1.55. The number of hydrogen-bond acceptors (Lipinski definition) is 4. The summed E-state index contributed by atoms with van der Waals surface area (Å²) in [5.74, 6) is -0.434. The van der Waals surface area contributed by atoms with Crippen LogP contribution in [0.3, 0.4) is 0 Å². The number of aromatic nitrogens is 1. The molecule has 1 aromatic carbocycles. The van der Waals surface area contributed by atoms with Crippen LogP contribution in [0.5, 0.6) is 0 Å². The largest absolute Gasteiger partial charge is 0.384 e. The second-order valence-electron chi connectivity index (χ2n) is 4.98. The molecule has 2 N–H and O–H groups in total. The van der Waals surface area contributed by atoms with E-state index in [1.807, 2.05) is 6.07 Å². The van der Waals surface area contributed by atoms with Crippen molar-refractivity contribution in [2.45, 2.75) is 12.5 Å². The summed E-state index contributed by atoms with van der Waals surface area (Å²) in [5.41, 5.74) is -0.223. The van der Waals surface area contributed by atoms with Crippen molar-refractivity contribution in [3.05, 3.63) is 64.4 Å². The van der Waals surface area contributed by atoms with E-state index in [2.05, 4.69) is 10.3 Å². The number of hydrogen-bond donors (Lipinski definition) is 2. The van der Waals surface area contributed by atoms with Crippen LogP contribution in [0, 0.1) is 11.3 Å².